The third-order valence-electron chi connectivity index (χ3n) is 5.69. The molecule has 0 aromatic heterocycles. The molecule has 4 rings (SSSR count). The summed E-state index contributed by atoms with van der Waals surface area (Å²) in [5, 5.41) is 10.6. The maximum Gasteiger partial charge on any atom is 0.264 e. The van der Waals surface area contributed by atoms with Crippen LogP contribution in [-0.4, -0.2) is 33.2 Å². The van der Waals surface area contributed by atoms with Crippen molar-refractivity contribution >= 4 is 21.4 Å². The highest BCUT2D eigenvalue weighted by Crippen LogP contribution is 2.48. The van der Waals surface area contributed by atoms with E-state index in [1.165, 1.54) is 4.31 Å². The fourth-order valence-electron chi connectivity index (χ4n) is 4.11. The van der Waals surface area contributed by atoms with Gasteiger partial charge >= 0.3 is 0 Å². The Labute approximate surface area is 161 Å². The van der Waals surface area contributed by atoms with Crippen molar-refractivity contribution in [1.29, 1.82) is 0 Å². The highest BCUT2D eigenvalue weighted by molar-refractivity contribution is 7.92. The molecule has 0 atom stereocenters. The van der Waals surface area contributed by atoms with Gasteiger partial charge in [-0.05, 0) is 43.5 Å². The molecule has 27 heavy (non-hydrogen) atoms. The predicted molar refractivity (Wildman–Crippen MR) is 108 cm³/mol. The molecule has 1 saturated heterocycles. The molecule has 0 saturated carbocycles. The second kappa shape index (κ2) is 6.16. The number of phenolic OH excluding ortho intramolecular Hbond substituents is 1. The summed E-state index contributed by atoms with van der Waals surface area (Å²) in [6, 6.07) is 10.5. The molecule has 2 aromatic rings. The number of hydrogen-bond donors (Lipinski definition) is 1. The van der Waals surface area contributed by atoms with Crippen LogP contribution in [0.3, 0.4) is 0 Å². The molecule has 6 heteroatoms. The van der Waals surface area contributed by atoms with E-state index >= 15 is 0 Å². The van der Waals surface area contributed by atoms with Crippen molar-refractivity contribution in [2.24, 2.45) is 0 Å². The zero-order valence-corrected chi connectivity index (χ0v) is 16.9. The summed E-state index contributed by atoms with van der Waals surface area (Å²) in [5.41, 5.74) is 3.06. The summed E-state index contributed by atoms with van der Waals surface area (Å²) in [4.78, 5) is 2.46. The monoisotopic (exact) mass is 386 g/mol. The van der Waals surface area contributed by atoms with Crippen LogP contribution in [0.15, 0.2) is 41.3 Å². The first-order valence-corrected chi connectivity index (χ1v) is 10.9. The maximum absolute atomic E-state index is 13.3. The van der Waals surface area contributed by atoms with Gasteiger partial charge in [0.1, 0.15) is 5.75 Å². The lowest BCUT2D eigenvalue weighted by molar-refractivity contribution is 0.474. The van der Waals surface area contributed by atoms with Crippen LogP contribution in [0.2, 0.25) is 0 Å². The van der Waals surface area contributed by atoms with Gasteiger partial charge in [-0.25, -0.2) is 8.42 Å². The third-order valence-corrected chi connectivity index (χ3v) is 7.46. The van der Waals surface area contributed by atoms with Crippen molar-refractivity contribution in [3.63, 3.8) is 0 Å². The molecule has 2 aromatic carbocycles. The summed E-state index contributed by atoms with van der Waals surface area (Å²) in [6.07, 6.45) is 2.24. The summed E-state index contributed by atoms with van der Waals surface area (Å²) in [5.74, 6) is 0.150. The Morgan fingerprint density at radius 3 is 2.26 bits per heavy atom. The molecule has 1 N–H and O–H groups in total. The average Bonchev–Trinajstić information content (AvgIpc) is 3.21. The first kappa shape index (κ1) is 18.2. The number of hydrogen-bond acceptors (Lipinski definition) is 4. The molecule has 0 bridgehead atoms. The molecule has 0 spiro atoms. The van der Waals surface area contributed by atoms with Crippen molar-refractivity contribution in [3.05, 3.63) is 47.5 Å². The molecule has 2 heterocycles. The van der Waals surface area contributed by atoms with Gasteiger partial charge in [0, 0.05) is 31.1 Å². The number of phenols is 1. The smallest absolute Gasteiger partial charge is 0.264 e. The van der Waals surface area contributed by atoms with E-state index in [9.17, 15) is 13.5 Å². The number of benzene rings is 2. The molecule has 0 amide bonds. The topological polar surface area (TPSA) is 60.9 Å². The second-order valence-electron chi connectivity index (χ2n) is 8.26. The minimum absolute atomic E-state index is 0.150. The SMILES string of the molecule is Cc1ccc(S(=O)(=O)N2CC(C)(C)c3cc(N4CCCC4)c(O)cc32)cc1. The Morgan fingerprint density at radius 2 is 1.63 bits per heavy atom. The number of nitrogens with zero attached hydrogens (tertiary/aromatic N) is 2. The van der Waals surface area contributed by atoms with E-state index in [1.807, 2.05) is 25.1 Å². The minimum atomic E-state index is -3.68. The summed E-state index contributed by atoms with van der Waals surface area (Å²) in [7, 11) is -3.68. The molecule has 0 radical (unpaired) electrons. The fraction of sp³-hybridized carbons (Fsp3) is 0.429. The van der Waals surface area contributed by atoms with Crippen LogP contribution in [-0.2, 0) is 15.4 Å². The Bertz CT molecular complexity index is 975. The van der Waals surface area contributed by atoms with E-state index in [0.717, 1.165) is 42.7 Å². The second-order valence-corrected chi connectivity index (χ2v) is 10.1. The first-order chi connectivity index (χ1) is 12.7. The lowest BCUT2D eigenvalue weighted by Crippen LogP contribution is -2.33. The number of sulfonamides is 1. The molecule has 0 unspecified atom stereocenters. The van der Waals surface area contributed by atoms with E-state index < -0.39 is 10.0 Å². The Kier molecular flexibility index (Phi) is 4.14. The van der Waals surface area contributed by atoms with Gasteiger partial charge in [-0.3, -0.25) is 4.31 Å². The Balaban J connectivity index is 1.81. The fourth-order valence-corrected chi connectivity index (χ4v) is 5.74. The number of aryl methyl sites for hydroxylation is 1. The predicted octanol–water partition coefficient (Wildman–Crippen LogP) is 3.79. The van der Waals surface area contributed by atoms with Gasteiger partial charge in [-0.1, -0.05) is 31.5 Å². The lowest BCUT2D eigenvalue weighted by atomic mass is 9.86. The van der Waals surface area contributed by atoms with E-state index in [-0.39, 0.29) is 16.1 Å². The summed E-state index contributed by atoms with van der Waals surface area (Å²) < 4.78 is 28.0. The van der Waals surface area contributed by atoms with E-state index in [0.29, 0.717) is 12.2 Å². The number of aromatic hydroxyl groups is 1. The largest absolute Gasteiger partial charge is 0.506 e. The van der Waals surface area contributed by atoms with Gasteiger partial charge in [-0.2, -0.15) is 0 Å². The first-order valence-electron chi connectivity index (χ1n) is 9.42. The Hall–Kier alpha value is -2.21. The molecule has 2 aliphatic rings. The van der Waals surface area contributed by atoms with Crippen molar-refractivity contribution in [3.8, 4) is 5.75 Å². The van der Waals surface area contributed by atoms with Crippen LogP contribution in [0.1, 0.15) is 37.8 Å². The number of fused-ring (bicyclic) bond motifs is 1. The van der Waals surface area contributed by atoms with Gasteiger partial charge in [0.2, 0.25) is 0 Å². The van der Waals surface area contributed by atoms with Crippen molar-refractivity contribution in [2.75, 3.05) is 28.8 Å². The van der Waals surface area contributed by atoms with E-state index in [4.69, 9.17) is 0 Å². The van der Waals surface area contributed by atoms with Gasteiger partial charge in [0.25, 0.3) is 10.0 Å². The number of anilines is 2. The van der Waals surface area contributed by atoms with Crippen molar-refractivity contribution in [2.45, 2.75) is 43.9 Å². The molecule has 144 valence electrons. The third kappa shape index (κ3) is 2.96. The zero-order chi connectivity index (χ0) is 19.4. The van der Waals surface area contributed by atoms with Crippen molar-refractivity contribution in [1.82, 2.24) is 0 Å². The van der Waals surface area contributed by atoms with E-state index in [2.05, 4.69) is 18.7 Å². The van der Waals surface area contributed by atoms with Gasteiger partial charge in [-0.15, -0.1) is 0 Å². The highest BCUT2D eigenvalue weighted by Gasteiger charge is 2.42. The average molecular weight is 387 g/mol. The molecule has 0 aliphatic carbocycles. The standard InChI is InChI=1S/C21H26N2O3S/c1-15-6-8-16(9-7-15)27(25,26)23-14-21(2,3)17-12-19(20(24)13-18(17)23)22-10-4-5-11-22/h6-9,12-13,24H,4-5,10-11,14H2,1-3H3. The minimum Gasteiger partial charge on any atom is -0.506 e. The van der Waals surface area contributed by atoms with Crippen molar-refractivity contribution < 1.29 is 13.5 Å². The van der Waals surface area contributed by atoms with Crippen LogP contribution in [0.4, 0.5) is 11.4 Å². The van der Waals surface area contributed by atoms with Gasteiger partial charge < -0.3 is 10.0 Å². The zero-order valence-electron chi connectivity index (χ0n) is 16.1. The van der Waals surface area contributed by atoms with Crippen LogP contribution in [0, 0.1) is 6.92 Å². The molecule has 2 aliphatic heterocycles. The van der Waals surface area contributed by atoms with E-state index in [1.54, 1.807) is 18.2 Å². The van der Waals surface area contributed by atoms with Crippen LogP contribution in [0.25, 0.3) is 0 Å². The highest BCUT2D eigenvalue weighted by atomic mass is 32.2. The molecule has 1 fully saturated rings. The maximum atomic E-state index is 13.3. The van der Waals surface area contributed by atoms with Gasteiger partial charge in [0.15, 0.2) is 0 Å². The molecular formula is C21H26N2O3S. The quantitative estimate of drug-likeness (QED) is 0.872. The molecular weight excluding hydrogens is 360 g/mol. The number of rotatable bonds is 3. The van der Waals surface area contributed by atoms with Gasteiger partial charge in [0.05, 0.1) is 16.3 Å². The summed E-state index contributed by atoms with van der Waals surface area (Å²) in [6.45, 7) is 8.27. The van der Waals surface area contributed by atoms with Crippen LogP contribution >= 0.6 is 0 Å². The lowest BCUT2D eigenvalue weighted by Gasteiger charge is -2.23. The summed E-state index contributed by atoms with van der Waals surface area (Å²) >= 11 is 0. The normalized spacial score (nSPS) is 18.8. The Morgan fingerprint density at radius 1 is 1.00 bits per heavy atom. The van der Waals surface area contributed by atoms with Crippen LogP contribution in [0.5, 0.6) is 5.75 Å². The molecule has 5 nitrogen and oxygen atoms in total. The van der Waals surface area contributed by atoms with Crippen LogP contribution < -0.4 is 9.21 Å².